The summed E-state index contributed by atoms with van der Waals surface area (Å²) < 4.78 is 4.81. The number of hydrogen-bond donors (Lipinski definition) is 6. The number of Topliss-reactive ketones (excluding diaryl/α,β-unsaturated/α-hetero) is 2. The van der Waals surface area contributed by atoms with E-state index in [1.807, 2.05) is 0 Å². The molecule has 3 aliphatic rings. The highest BCUT2D eigenvalue weighted by molar-refractivity contribution is 6.24. The fourth-order valence-corrected chi connectivity index (χ4v) is 6.56. The van der Waals surface area contributed by atoms with Crippen molar-refractivity contribution in [2.24, 2.45) is 17.6 Å². The van der Waals surface area contributed by atoms with Crippen molar-refractivity contribution in [3.8, 4) is 16.9 Å². The van der Waals surface area contributed by atoms with Gasteiger partial charge in [0, 0.05) is 17.2 Å². The number of phenols is 1. The number of rotatable bonds is 4. The molecule has 4 atom stereocenters. The summed E-state index contributed by atoms with van der Waals surface area (Å²) in [6.45, 7) is 0. The lowest BCUT2D eigenvalue weighted by Crippen LogP contribution is -2.65. The summed E-state index contributed by atoms with van der Waals surface area (Å²) in [6.07, 6.45) is 0.0336. The van der Waals surface area contributed by atoms with Crippen LogP contribution in [0.1, 0.15) is 27.9 Å². The second-order valence-electron chi connectivity index (χ2n) is 10.8. The van der Waals surface area contributed by atoms with E-state index >= 15 is 0 Å². The number of methoxy groups -OCH3 is 1. The molecule has 0 heterocycles. The number of nitrogen functional groups attached to an aromatic ring is 1. The second-order valence-corrected chi connectivity index (χ2v) is 10.8. The molecule has 0 radical (unpaired) electrons. The van der Waals surface area contributed by atoms with Gasteiger partial charge in [-0.1, -0.05) is 6.07 Å². The number of nitrogens with two attached hydrogens (primary N) is 2. The third kappa shape index (κ3) is 3.90. The van der Waals surface area contributed by atoms with Gasteiger partial charge in [0.15, 0.2) is 11.4 Å². The van der Waals surface area contributed by atoms with Crippen molar-refractivity contribution in [3.05, 3.63) is 63.9 Å². The smallest absolute Gasteiger partial charge is 0.337 e. The molecule has 0 spiro atoms. The number of fused-ring (bicyclic) bond motifs is 3. The SMILES string of the molecule is COC(=O)c1cc(N)cc(-c2ccc(O)c3c2C[C@@H]2C[C@@H]4C(N(C)C)C(=O)C(C(N)=O)=C(O)[C@]4(O)C(=O)C2=C3O)c1. The van der Waals surface area contributed by atoms with Gasteiger partial charge >= 0.3 is 5.97 Å². The number of benzene rings is 2. The van der Waals surface area contributed by atoms with E-state index in [1.165, 1.54) is 38.2 Å². The molecule has 1 unspecified atom stereocenters. The molecule has 1 amide bonds. The van der Waals surface area contributed by atoms with Crippen LogP contribution in [0, 0.1) is 11.8 Å². The predicted octanol–water partition coefficient (Wildman–Crippen LogP) is 1.000. The number of aliphatic hydroxyl groups excluding tert-OH is 2. The average Bonchev–Trinajstić information content (AvgIpc) is 2.89. The number of nitrogens with zero attached hydrogens (tertiary/aromatic N) is 1. The number of carbonyl (C=O) groups is 4. The van der Waals surface area contributed by atoms with Gasteiger partial charge in [-0.25, -0.2) is 4.79 Å². The molecule has 0 aromatic heterocycles. The fraction of sp³-hybridized carbons (Fsp3) is 0.310. The first-order valence-corrected chi connectivity index (χ1v) is 12.7. The predicted molar refractivity (Wildman–Crippen MR) is 145 cm³/mol. The maximum absolute atomic E-state index is 14.0. The minimum Gasteiger partial charge on any atom is -0.508 e. The number of ketones is 2. The summed E-state index contributed by atoms with van der Waals surface area (Å²) in [5.74, 6) is -7.91. The minimum absolute atomic E-state index is 0.0504. The molecule has 2 aromatic rings. The van der Waals surface area contributed by atoms with Gasteiger partial charge in [-0.3, -0.25) is 19.3 Å². The molecule has 5 rings (SSSR count). The third-order valence-electron chi connectivity index (χ3n) is 8.29. The molecule has 12 nitrogen and oxygen atoms in total. The Labute approximate surface area is 234 Å². The number of primary amides is 1. The summed E-state index contributed by atoms with van der Waals surface area (Å²) in [6, 6.07) is 6.31. The largest absolute Gasteiger partial charge is 0.508 e. The molecule has 0 bridgehead atoms. The van der Waals surface area contributed by atoms with Crippen molar-refractivity contribution in [3.63, 3.8) is 0 Å². The Hall–Kier alpha value is -4.68. The summed E-state index contributed by atoms with van der Waals surface area (Å²) in [5.41, 5.74) is 9.36. The van der Waals surface area contributed by atoms with E-state index in [2.05, 4.69) is 0 Å². The number of aromatic hydroxyl groups is 1. The number of aliphatic hydroxyl groups is 3. The van der Waals surface area contributed by atoms with Crippen LogP contribution >= 0.6 is 0 Å². The number of hydrogen-bond acceptors (Lipinski definition) is 11. The summed E-state index contributed by atoms with van der Waals surface area (Å²) in [7, 11) is 4.29. The first-order valence-electron chi connectivity index (χ1n) is 12.7. The molecule has 8 N–H and O–H groups in total. The van der Waals surface area contributed by atoms with E-state index < -0.39 is 64.0 Å². The third-order valence-corrected chi connectivity index (χ3v) is 8.29. The number of carbonyl (C=O) groups excluding carboxylic acids is 4. The van der Waals surface area contributed by atoms with Gasteiger partial charge < -0.3 is 36.6 Å². The first kappa shape index (κ1) is 27.9. The van der Waals surface area contributed by atoms with Crippen LogP contribution in [0.3, 0.4) is 0 Å². The van der Waals surface area contributed by atoms with Crippen LogP contribution in [0.5, 0.6) is 5.75 Å². The lowest BCUT2D eigenvalue weighted by atomic mass is 9.57. The zero-order valence-electron chi connectivity index (χ0n) is 22.5. The highest BCUT2D eigenvalue weighted by Gasteiger charge is 2.64. The Morgan fingerprint density at radius 2 is 1.78 bits per heavy atom. The fourth-order valence-electron chi connectivity index (χ4n) is 6.56. The highest BCUT2D eigenvalue weighted by Crippen LogP contribution is 2.53. The Morgan fingerprint density at radius 1 is 1.10 bits per heavy atom. The number of esters is 1. The standard InChI is InChI=1S/C29H29N3O9/c1-32(2)22-17-10-12-9-16-15(11-6-13(28(39)41-3)8-14(30)7-11)4-5-18(33)20(16)23(34)19(12)25(36)29(17,40)26(37)21(24(22)35)27(31)38/h4-8,12,17,22,33-34,37,40H,9-10,30H2,1-3H3,(H2,31,38)/t12-,17-,22?,29-/m1/s1. The Kier molecular flexibility index (Phi) is 6.43. The van der Waals surface area contributed by atoms with Crippen LogP contribution in [-0.4, -0.2) is 81.6 Å². The van der Waals surface area contributed by atoms with E-state index in [9.17, 15) is 39.6 Å². The van der Waals surface area contributed by atoms with Crippen LogP contribution in [0.4, 0.5) is 5.69 Å². The van der Waals surface area contributed by atoms with Crippen LogP contribution in [0.15, 0.2) is 47.2 Å². The molecule has 1 saturated carbocycles. The Balaban J connectivity index is 1.73. The van der Waals surface area contributed by atoms with Crippen LogP contribution in [-0.2, 0) is 25.5 Å². The van der Waals surface area contributed by atoms with Gasteiger partial charge in [0.2, 0.25) is 5.78 Å². The number of phenolic OH excluding ortho intramolecular Hbond substituents is 1. The number of anilines is 1. The molecule has 214 valence electrons. The second kappa shape index (κ2) is 9.46. The molecule has 1 fully saturated rings. The van der Waals surface area contributed by atoms with Crippen molar-refractivity contribution in [1.82, 2.24) is 4.90 Å². The molecular weight excluding hydrogens is 534 g/mol. The van der Waals surface area contributed by atoms with Gasteiger partial charge in [-0.15, -0.1) is 0 Å². The molecule has 3 aliphatic carbocycles. The van der Waals surface area contributed by atoms with Crippen LogP contribution < -0.4 is 11.5 Å². The van der Waals surface area contributed by atoms with E-state index in [1.54, 1.807) is 18.2 Å². The Bertz CT molecular complexity index is 1620. The molecule has 2 aromatic carbocycles. The highest BCUT2D eigenvalue weighted by atomic mass is 16.5. The zero-order valence-corrected chi connectivity index (χ0v) is 22.5. The summed E-state index contributed by atoms with van der Waals surface area (Å²) >= 11 is 0. The lowest BCUT2D eigenvalue weighted by molar-refractivity contribution is -0.153. The van der Waals surface area contributed by atoms with E-state index in [-0.39, 0.29) is 41.0 Å². The molecule has 0 aliphatic heterocycles. The van der Waals surface area contributed by atoms with Crippen LogP contribution in [0.2, 0.25) is 0 Å². The average molecular weight is 564 g/mol. The van der Waals surface area contributed by atoms with Gasteiger partial charge in [-0.05, 0) is 73.8 Å². The van der Waals surface area contributed by atoms with Crippen molar-refractivity contribution >= 4 is 34.9 Å². The van der Waals surface area contributed by atoms with Crippen LogP contribution in [0.25, 0.3) is 16.9 Å². The van der Waals surface area contributed by atoms with Gasteiger partial charge in [0.25, 0.3) is 5.91 Å². The van der Waals surface area contributed by atoms with Crippen molar-refractivity contribution < 1.29 is 44.3 Å². The topological polar surface area (TPSA) is 214 Å². The number of likely N-dealkylation sites (N-methyl/N-ethyl adjacent to an activating group) is 1. The minimum atomic E-state index is -2.72. The molecule has 12 heteroatoms. The quantitative estimate of drug-likeness (QED) is 0.175. The maximum atomic E-state index is 14.0. The molecular formula is C29H29N3O9. The van der Waals surface area contributed by atoms with E-state index in [4.69, 9.17) is 16.2 Å². The van der Waals surface area contributed by atoms with Crippen molar-refractivity contribution in [2.75, 3.05) is 26.9 Å². The lowest BCUT2D eigenvalue weighted by Gasteiger charge is -2.50. The monoisotopic (exact) mass is 563 g/mol. The molecule has 41 heavy (non-hydrogen) atoms. The van der Waals surface area contributed by atoms with Crippen molar-refractivity contribution in [2.45, 2.75) is 24.5 Å². The molecule has 0 saturated heterocycles. The zero-order chi connectivity index (χ0) is 30.1. The van der Waals surface area contributed by atoms with E-state index in [0.29, 0.717) is 16.7 Å². The number of ether oxygens (including phenoxy) is 1. The maximum Gasteiger partial charge on any atom is 0.337 e. The first-order chi connectivity index (χ1) is 19.2. The van der Waals surface area contributed by atoms with E-state index in [0.717, 1.165) is 0 Å². The summed E-state index contributed by atoms with van der Waals surface area (Å²) in [5, 5.41) is 44.9. The van der Waals surface area contributed by atoms with Gasteiger partial charge in [0.05, 0.1) is 24.3 Å². The number of amides is 1. The Morgan fingerprint density at radius 3 is 2.39 bits per heavy atom. The van der Waals surface area contributed by atoms with Gasteiger partial charge in [-0.2, -0.15) is 0 Å². The van der Waals surface area contributed by atoms with Crippen molar-refractivity contribution in [1.29, 1.82) is 0 Å². The van der Waals surface area contributed by atoms with Gasteiger partial charge in [0.1, 0.15) is 22.8 Å². The normalized spacial score (nSPS) is 25.5. The summed E-state index contributed by atoms with van der Waals surface area (Å²) in [4.78, 5) is 53.0.